The Morgan fingerprint density at radius 2 is 0.932 bits per heavy atom. The third-order valence-electron chi connectivity index (χ3n) is 6.91. The van der Waals surface area contributed by atoms with E-state index in [1.54, 1.807) is 27.7 Å². The molecule has 0 saturated carbocycles. The van der Waals surface area contributed by atoms with Crippen LogP contribution in [0.2, 0.25) is 0 Å². The van der Waals surface area contributed by atoms with Crippen molar-refractivity contribution >= 4 is 48.1 Å². The maximum absolute atomic E-state index is 10.6. The predicted octanol–water partition coefficient (Wildman–Crippen LogP) is -12.3. The van der Waals surface area contributed by atoms with Crippen molar-refractivity contribution in [2.75, 3.05) is 13.2 Å². The van der Waals surface area contributed by atoms with Gasteiger partial charge in [0.2, 0.25) is 0 Å². The van der Waals surface area contributed by atoms with Gasteiger partial charge in [-0.3, -0.25) is 14.4 Å². The molecule has 318 valence electrons. The largest absolute Gasteiger partial charge is 1.00 e. The van der Waals surface area contributed by atoms with E-state index in [2.05, 4.69) is 43.1 Å². The molecule has 0 heterocycles. The van der Waals surface area contributed by atoms with E-state index in [-0.39, 0.29) is 203 Å². The number of ether oxygens (including phenoxy) is 2. The fourth-order valence-corrected chi connectivity index (χ4v) is 3.37. The summed E-state index contributed by atoms with van der Waals surface area (Å²) in [5, 5.41) is 39.1. The average Bonchev–Trinajstić information content (AvgIpc) is 3.08. The molecule has 6 unspecified atom stereocenters. The fraction of sp³-hybridized carbons (Fsp3) is 0.737. The Kier molecular flexibility index (Phi) is 108. The Hall–Kier alpha value is 0.580. The first-order chi connectivity index (χ1) is 25.0. The van der Waals surface area contributed by atoms with Gasteiger partial charge in [-0.05, 0) is 55.8 Å². The Morgan fingerprint density at radius 1 is 0.576 bits per heavy atom. The molecule has 0 aliphatic heterocycles. The minimum atomic E-state index is -1.08. The van der Waals surface area contributed by atoms with Crippen LogP contribution in [0.25, 0.3) is 0 Å². The molecule has 0 radical (unpaired) electrons. The summed E-state index contributed by atoms with van der Waals surface area (Å²) in [5.41, 5.74) is 0. The van der Waals surface area contributed by atoms with Gasteiger partial charge in [0.05, 0.1) is 5.92 Å². The van der Waals surface area contributed by atoms with Crippen LogP contribution < -0.4 is 163 Å². The molecule has 59 heavy (non-hydrogen) atoms. The molecule has 0 fully saturated rings. The van der Waals surface area contributed by atoms with Gasteiger partial charge < -0.3 is 57.1 Å². The summed E-state index contributed by atoms with van der Waals surface area (Å²) in [7, 11) is 0. The summed E-state index contributed by atoms with van der Waals surface area (Å²) in [6.07, 6.45) is 11.7. The Bertz CT molecular complexity index is 992. The molecule has 0 rings (SSSR count). The van der Waals surface area contributed by atoms with Crippen LogP contribution in [0, 0.1) is 48.3 Å². The number of carbonyl (C=O) groups is 6. The molecule has 21 heteroatoms. The minimum absolute atomic E-state index is 0. The van der Waals surface area contributed by atoms with E-state index in [1.165, 1.54) is 33.1 Å². The number of rotatable bonds is 19. The first-order valence-corrected chi connectivity index (χ1v) is 17.7. The van der Waals surface area contributed by atoms with Gasteiger partial charge in [-0.2, -0.15) is 45.4 Å². The van der Waals surface area contributed by atoms with E-state index in [0.717, 1.165) is 12.3 Å². The van der Waals surface area contributed by atoms with Crippen molar-refractivity contribution in [3.8, 4) is 0 Å². The van der Waals surface area contributed by atoms with Crippen LogP contribution in [-0.4, -0.2) is 66.4 Å². The average molecular weight is 893 g/mol. The van der Waals surface area contributed by atoms with Crippen molar-refractivity contribution in [3.63, 3.8) is 0 Å². The van der Waals surface area contributed by atoms with Gasteiger partial charge in [0.25, 0.3) is 0 Å². The third kappa shape index (κ3) is 94.4. The number of carboxylic acid groups (broad SMARTS) is 4. The SMILES string of the molecule is CC(=O)OCCOC(C)=O.CCC(C)C(=O)O.CCC(C)C(=O)[O-].CCC(CC(C)CC(C)C(=O)[O-])C(=O)[O-].C[CH-]CC(C)C[CH-]CC.O=C=O.O=C=O.[Na+].[Na+].[Na+].[Na+].[Na+]. The number of aliphatic carboxylic acids is 4. The van der Waals surface area contributed by atoms with Crippen LogP contribution in [-0.2, 0) is 57.4 Å². The van der Waals surface area contributed by atoms with Gasteiger partial charge >= 0.3 is 178 Å². The van der Waals surface area contributed by atoms with Crippen LogP contribution >= 0.6 is 0 Å². The van der Waals surface area contributed by atoms with Crippen LogP contribution in [0.4, 0.5) is 0 Å². The molecule has 0 spiro atoms. The van der Waals surface area contributed by atoms with Gasteiger partial charge in [0, 0.05) is 31.8 Å². The number of hydrogen-bond acceptors (Lipinski definition) is 15. The number of unbranched alkanes of at least 4 members (excludes halogenated alkanes) is 1. The maximum atomic E-state index is 10.6. The molecule has 0 aromatic carbocycles. The molecule has 0 aliphatic rings. The van der Waals surface area contributed by atoms with Crippen LogP contribution in [0.3, 0.4) is 0 Å². The van der Waals surface area contributed by atoms with E-state index >= 15 is 0 Å². The molecule has 0 aliphatic carbocycles. The molecule has 0 bridgehead atoms. The second-order valence-electron chi connectivity index (χ2n) is 12.0. The first kappa shape index (κ1) is 90.3. The number of esters is 2. The second-order valence-corrected chi connectivity index (χ2v) is 12.0. The summed E-state index contributed by atoms with van der Waals surface area (Å²) >= 11 is 0. The molecule has 16 nitrogen and oxygen atoms in total. The van der Waals surface area contributed by atoms with E-state index < -0.39 is 35.7 Å². The molecule has 0 amide bonds. The van der Waals surface area contributed by atoms with Gasteiger partial charge in [-0.1, -0.05) is 68.2 Å². The van der Waals surface area contributed by atoms with Crippen LogP contribution in [0.1, 0.15) is 134 Å². The van der Waals surface area contributed by atoms with E-state index in [1.807, 2.05) is 20.8 Å². The normalized spacial score (nSPS) is 11.3. The van der Waals surface area contributed by atoms with Gasteiger partial charge in [0.1, 0.15) is 13.2 Å². The van der Waals surface area contributed by atoms with Crippen molar-refractivity contribution in [2.45, 2.75) is 134 Å². The Balaban J connectivity index is -0.0000000453. The van der Waals surface area contributed by atoms with Gasteiger partial charge in [0.15, 0.2) is 0 Å². The van der Waals surface area contributed by atoms with E-state index in [9.17, 15) is 44.1 Å². The zero-order valence-electron chi connectivity index (χ0n) is 39.3. The monoisotopic (exact) mass is 892 g/mol. The van der Waals surface area contributed by atoms with Crippen molar-refractivity contribution in [1.29, 1.82) is 0 Å². The fourth-order valence-electron chi connectivity index (χ4n) is 3.37. The Morgan fingerprint density at radius 3 is 1.12 bits per heavy atom. The van der Waals surface area contributed by atoms with Crippen LogP contribution in [0.5, 0.6) is 0 Å². The van der Waals surface area contributed by atoms with Crippen molar-refractivity contribution in [1.82, 2.24) is 0 Å². The first-order valence-electron chi connectivity index (χ1n) is 17.7. The Labute approximate surface area is 463 Å². The molecular formula is C38H65Na5O16. The number of carbonyl (C=O) groups excluding carboxylic acids is 9. The third-order valence-corrected chi connectivity index (χ3v) is 6.91. The van der Waals surface area contributed by atoms with Gasteiger partial charge in [-0.15, -0.1) is 0 Å². The van der Waals surface area contributed by atoms with Crippen molar-refractivity contribution in [2.24, 2.45) is 35.5 Å². The van der Waals surface area contributed by atoms with E-state index in [0.29, 0.717) is 25.7 Å². The maximum Gasteiger partial charge on any atom is 1.00 e. The summed E-state index contributed by atoms with van der Waals surface area (Å²) in [6, 6.07) is 0. The quantitative estimate of drug-likeness (QED) is 0.0546. The summed E-state index contributed by atoms with van der Waals surface area (Å²) in [6.45, 7) is 21.7. The molecule has 1 N–H and O–H groups in total. The summed E-state index contributed by atoms with van der Waals surface area (Å²) in [5.74, 6) is -5.10. The smallest absolute Gasteiger partial charge is 0.550 e. The van der Waals surface area contributed by atoms with Crippen molar-refractivity contribution < 1.29 is 226 Å². The predicted molar refractivity (Wildman–Crippen MR) is 189 cm³/mol. The van der Waals surface area contributed by atoms with E-state index in [4.69, 9.17) is 24.3 Å². The minimum Gasteiger partial charge on any atom is -0.550 e. The molecular weight excluding hydrogens is 827 g/mol. The van der Waals surface area contributed by atoms with Crippen molar-refractivity contribution in [3.05, 3.63) is 12.8 Å². The summed E-state index contributed by atoms with van der Waals surface area (Å²) < 4.78 is 8.95. The summed E-state index contributed by atoms with van der Waals surface area (Å²) in [4.78, 5) is 93.6. The topological polar surface area (TPSA) is 279 Å². The standard InChI is InChI=1S/C11H20O4.C9H18.C6H10O4.2C5H10O2.2CO2.5Na/c1-4-9(11(14)15)6-7(2)5-8(3)10(12)13;1-4-6-8-9(3)7-5-2;1-5(7)9-3-4-10-6(2)8;2*1-3-4(2)5(6)7;2*2-1-3;;;;;/h7-9H,4-6H2,1-3H3,(H,12,13)(H,14,15);5-6,9H,4,7-8H2,1-3H3;3-4H2,1-2H3;2*4H,3H2,1-2H3,(H,6,7);;;;;;;/q;-2;;;;;;5*+1/p-3. The zero-order valence-corrected chi connectivity index (χ0v) is 49.3. The molecule has 6 atom stereocenters. The second kappa shape index (κ2) is 70.3. The zero-order chi connectivity index (χ0) is 44.2. The number of carboxylic acids is 4. The molecule has 0 saturated heterocycles. The van der Waals surface area contributed by atoms with Gasteiger partial charge in [-0.25, -0.2) is 0 Å². The molecule has 0 aromatic rings. The number of hydrogen-bond donors (Lipinski definition) is 1. The van der Waals surface area contributed by atoms with Crippen LogP contribution in [0.15, 0.2) is 0 Å². The molecule has 0 aromatic heterocycles.